The first-order valence-corrected chi connectivity index (χ1v) is 6.70. The molecule has 2 aliphatic heterocycles. The zero-order valence-corrected chi connectivity index (χ0v) is 11.0. The van der Waals surface area contributed by atoms with Gasteiger partial charge in [-0.25, -0.2) is 0 Å². The van der Waals surface area contributed by atoms with E-state index in [9.17, 15) is 9.90 Å². The largest absolute Gasteiger partial charge is 0.394 e. The number of aldehydes is 1. The van der Waals surface area contributed by atoms with E-state index in [2.05, 4.69) is 4.90 Å². The Balaban J connectivity index is 1.95. The van der Waals surface area contributed by atoms with Crippen molar-refractivity contribution in [3.05, 3.63) is 0 Å². The molecule has 0 aromatic heterocycles. The van der Waals surface area contributed by atoms with Crippen LogP contribution >= 0.6 is 0 Å². The third kappa shape index (κ3) is 3.29. The van der Waals surface area contributed by atoms with Crippen molar-refractivity contribution < 1.29 is 19.4 Å². The van der Waals surface area contributed by atoms with Gasteiger partial charge in [-0.2, -0.15) is 0 Å². The Morgan fingerprint density at radius 2 is 2.33 bits per heavy atom. The average molecular weight is 257 g/mol. The van der Waals surface area contributed by atoms with Crippen molar-refractivity contribution in [1.29, 1.82) is 0 Å². The summed E-state index contributed by atoms with van der Waals surface area (Å²) in [5, 5.41) is 9.21. The lowest BCUT2D eigenvalue weighted by molar-refractivity contribution is -0.134. The Bertz CT molecular complexity index is 278. The average Bonchev–Trinajstić information content (AvgIpc) is 2.39. The molecular formula is C13H23NO4. The molecule has 0 aliphatic carbocycles. The number of ether oxygens (including phenoxy) is 2. The number of hydrogen-bond donors (Lipinski definition) is 1. The van der Waals surface area contributed by atoms with Gasteiger partial charge in [-0.3, -0.25) is 4.90 Å². The maximum atomic E-state index is 11.4. The maximum absolute atomic E-state index is 11.4. The number of nitrogens with zero attached hydrogens (tertiary/aromatic N) is 1. The lowest BCUT2D eigenvalue weighted by atomic mass is 9.83. The smallest absolute Gasteiger partial charge is 0.129 e. The Labute approximate surface area is 108 Å². The number of carbonyl (C=O) groups excluding carboxylic acids is 1. The highest BCUT2D eigenvalue weighted by atomic mass is 16.5. The van der Waals surface area contributed by atoms with Gasteiger partial charge in [0, 0.05) is 26.2 Å². The third-order valence-electron chi connectivity index (χ3n) is 3.75. The van der Waals surface area contributed by atoms with E-state index in [0.29, 0.717) is 19.7 Å². The second kappa shape index (κ2) is 6.10. The molecule has 3 unspecified atom stereocenters. The van der Waals surface area contributed by atoms with Crippen LogP contribution in [0.3, 0.4) is 0 Å². The molecular weight excluding hydrogens is 234 g/mol. The molecule has 5 nitrogen and oxygen atoms in total. The summed E-state index contributed by atoms with van der Waals surface area (Å²) in [4.78, 5) is 13.6. The Kier molecular flexibility index (Phi) is 4.72. The highest BCUT2D eigenvalue weighted by Gasteiger charge is 2.37. The monoisotopic (exact) mass is 257 g/mol. The van der Waals surface area contributed by atoms with Crippen LogP contribution in [-0.2, 0) is 14.3 Å². The van der Waals surface area contributed by atoms with Gasteiger partial charge >= 0.3 is 0 Å². The van der Waals surface area contributed by atoms with Crippen LogP contribution in [0.1, 0.15) is 19.8 Å². The van der Waals surface area contributed by atoms with Crippen LogP contribution in [0.4, 0.5) is 0 Å². The topological polar surface area (TPSA) is 59.0 Å². The second-order valence-electron chi connectivity index (χ2n) is 5.58. The van der Waals surface area contributed by atoms with Crippen LogP contribution in [0.25, 0.3) is 0 Å². The fourth-order valence-corrected chi connectivity index (χ4v) is 2.94. The number of rotatable bonds is 4. The first kappa shape index (κ1) is 13.9. The number of carbonyl (C=O) groups is 1. The molecule has 2 aliphatic rings. The molecule has 0 bridgehead atoms. The predicted molar refractivity (Wildman–Crippen MR) is 66.4 cm³/mol. The third-order valence-corrected chi connectivity index (χ3v) is 3.75. The van der Waals surface area contributed by atoms with Crippen LogP contribution in [0.5, 0.6) is 0 Å². The molecule has 0 aromatic rings. The molecule has 104 valence electrons. The zero-order chi connectivity index (χ0) is 13.0. The van der Waals surface area contributed by atoms with Crippen molar-refractivity contribution in [3.8, 4) is 0 Å². The summed E-state index contributed by atoms with van der Waals surface area (Å²) in [5.41, 5.74) is -0.366. The summed E-state index contributed by atoms with van der Waals surface area (Å²) in [5.74, 6) is 0. The van der Waals surface area contributed by atoms with Crippen molar-refractivity contribution in [2.75, 3.05) is 39.5 Å². The molecule has 1 N–H and O–H groups in total. The van der Waals surface area contributed by atoms with Crippen LogP contribution < -0.4 is 0 Å². The quantitative estimate of drug-likeness (QED) is 0.722. The fourth-order valence-electron chi connectivity index (χ4n) is 2.94. The standard InChI is InChI=1S/C13H23NO4/c1-11-5-14(6-12(7-15)18-11)8-13(9-16)3-2-4-17-10-13/h9,11-12,15H,2-8,10H2,1H3. The highest BCUT2D eigenvalue weighted by Crippen LogP contribution is 2.28. The summed E-state index contributed by atoms with van der Waals surface area (Å²) in [6.07, 6.45) is 2.86. The lowest BCUT2D eigenvalue weighted by Gasteiger charge is -2.41. The van der Waals surface area contributed by atoms with Gasteiger partial charge in [0.15, 0.2) is 0 Å². The fraction of sp³-hybridized carbons (Fsp3) is 0.923. The predicted octanol–water partition coefficient (Wildman–Crippen LogP) is 0.0637. The molecule has 0 radical (unpaired) electrons. The van der Waals surface area contributed by atoms with E-state index >= 15 is 0 Å². The number of aliphatic hydroxyl groups is 1. The van der Waals surface area contributed by atoms with E-state index in [1.165, 1.54) is 0 Å². The Hall–Kier alpha value is -0.490. The van der Waals surface area contributed by atoms with Crippen molar-refractivity contribution in [2.24, 2.45) is 5.41 Å². The Morgan fingerprint density at radius 3 is 2.94 bits per heavy atom. The van der Waals surface area contributed by atoms with Crippen molar-refractivity contribution in [3.63, 3.8) is 0 Å². The minimum atomic E-state index is -0.366. The van der Waals surface area contributed by atoms with Gasteiger partial charge in [-0.15, -0.1) is 0 Å². The van der Waals surface area contributed by atoms with Gasteiger partial charge in [0.05, 0.1) is 30.8 Å². The lowest BCUT2D eigenvalue weighted by Crippen LogP contribution is -2.53. The minimum Gasteiger partial charge on any atom is -0.394 e. The SMILES string of the molecule is CC1CN(CC2(C=O)CCCOC2)CC(CO)O1. The van der Waals surface area contributed by atoms with Crippen molar-refractivity contribution >= 4 is 6.29 Å². The van der Waals surface area contributed by atoms with E-state index < -0.39 is 0 Å². The molecule has 3 atom stereocenters. The van der Waals surface area contributed by atoms with E-state index in [1.807, 2.05) is 6.92 Å². The molecule has 0 saturated carbocycles. The van der Waals surface area contributed by atoms with E-state index in [1.54, 1.807) is 0 Å². The minimum absolute atomic E-state index is 0.0332. The molecule has 18 heavy (non-hydrogen) atoms. The highest BCUT2D eigenvalue weighted by molar-refractivity contribution is 5.60. The molecule has 2 fully saturated rings. The normalized spacial score (nSPS) is 38.6. The van der Waals surface area contributed by atoms with Crippen LogP contribution in [0, 0.1) is 5.41 Å². The van der Waals surface area contributed by atoms with E-state index in [4.69, 9.17) is 9.47 Å². The first-order chi connectivity index (χ1) is 8.67. The van der Waals surface area contributed by atoms with Gasteiger partial charge < -0.3 is 19.4 Å². The van der Waals surface area contributed by atoms with Gasteiger partial charge in [-0.05, 0) is 19.8 Å². The molecule has 2 heterocycles. The summed E-state index contributed by atoms with van der Waals surface area (Å²) >= 11 is 0. The van der Waals surface area contributed by atoms with Gasteiger partial charge in [0.25, 0.3) is 0 Å². The molecule has 5 heteroatoms. The number of aliphatic hydroxyl groups excluding tert-OH is 1. The number of morpholine rings is 1. The summed E-state index contributed by atoms with van der Waals surface area (Å²) in [7, 11) is 0. The summed E-state index contributed by atoms with van der Waals surface area (Å²) in [6.45, 7) is 5.52. The van der Waals surface area contributed by atoms with Crippen LogP contribution in [0.15, 0.2) is 0 Å². The Morgan fingerprint density at radius 1 is 1.50 bits per heavy atom. The van der Waals surface area contributed by atoms with Gasteiger partial charge in [0.1, 0.15) is 6.29 Å². The van der Waals surface area contributed by atoms with E-state index in [0.717, 1.165) is 32.3 Å². The molecule has 2 saturated heterocycles. The molecule has 0 aromatic carbocycles. The molecule has 0 spiro atoms. The van der Waals surface area contributed by atoms with Gasteiger partial charge in [-0.1, -0.05) is 0 Å². The zero-order valence-electron chi connectivity index (χ0n) is 11.0. The summed E-state index contributed by atoms with van der Waals surface area (Å²) in [6, 6.07) is 0. The van der Waals surface area contributed by atoms with Crippen LogP contribution in [0.2, 0.25) is 0 Å². The molecule has 2 rings (SSSR count). The van der Waals surface area contributed by atoms with Crippen LogP contribution in [-0.4, -0.2) is 68.0 Å². The molecule has 0 amide bonds. The van der Waals surface area contributed by atoms with E-state index in [-0.39, 0.29) is 24.2 Å². The first-order valence-electron chi connectivity index (χ1n) is 6.70. The maximum Gasteiger partial charge on any atom is 0.129 e. The second-order valence-corrected chi connectivity index (χ2v) is 5.58. The number of hydrogen-bond acceptors (Lipinski definition) is 5. The summed E-state index contributed by atoms with van der Waals surface area (Å²) < 4.78 is 11.1. The van der Waals surface area contributed by atoms with Crippen molar-refractivity contribution in [1.82, 2.24) is 4.90 Å². The van der Waals surface area contributed by atoms with Gasteiger partial charge in [0.2, 0.25) is 0 Å². The van der Waals surface area contributed by atoms with Crippen molar-refractivity contribution in [2.45, 2.75) is 32.0 Å².